The van der Waals surface area contributed by atoms with Crippen molar-refractivity contribution in [3.05, 3.63) is 107 Å². The first-order chi connectivity index (χ1) is 14.6. The van der Waals surface area contributed by atoms with Crippen molar-refractivity contribution in [1.29, 1.82) is 0 Å². The second kappa shape index (κ2) is 10.6. The number of benzene rings is 3. The number of likely N-dealkylation sites (N-methyl/N-ethyl adjacent to an activating group) is 1. The van der Waals surface area contributed by atoms with Crippen LogP contribution in [0.4, 0.5) is 0 Å². The topological polar surface area (TPSA) is 46.6 Å². The lowest BCUT2D eigenvalue weighted by atomic mass is 9.83. The van der Waals surface area contributed by atoms with Crippen molar-refractivity contribution >= 4 is 12.6 Å². The standard InChI is InChI=1S/C26H27NO3/c1-27(2)16-17-30-26(24-14-10-21(19-29)11-15-24)25(22-6-4-3-5-7-22)23-12-8-20(18-28)9-13-23/h3-15,18-19,25-26H,16-17H2,1-2H3. The van der Waals surface area contributed by atoms with E-state index in [-0.39, 0.29) is 12.0 Å². The highest BCUT2D eigenvalue weighted by Crippen LogP contribution is 2.39. The van der Waals surface area contributed by atoms with E-state index in [1.54, 1.807) is 0 Å². The van der Waals surface area contributed by atoms with Crippen molar-refractivity contribution < 1.29 is 14.3 Å². The summed E-state index contributed by atoms with van der Waals surface area (Å²) in [5.41, 5.74) is 4.49. The van der Waals surface area contributed by atoms with Gasteiger partial charge in [-0.05, 0) is 30.8 Å². The van der Waals surface area contributed by atoms with E-state index >= 15 is 0 Å². The zero-order chi connectivity index (χ0) is 21.3. The van der Waals surface area contributed by atoms with Gasteiger partial charge in [0.05, 0.1) is 12.7 Å². The Morgan fingerprint density at radius 1 is 0.733 bits per heavy atom. The van der Waals surface area contributed by atoms with E-state index in [1.165, 1.54) is 0 Å². The first-order valence-electron chi connectivity index (χ1n) is 10.0. The molecule has 0 saturated heterocycles. The summed E-state index contributed by atoms with van der Waals surface area (Å²) in [5.74, 6) is -0.0591. The number of carbonyl (C=O) groups is 2. The molecule has 0 radical (unpaired) electrons. The lowest BCUT2D eigenvalue weighted by molar-refractivity contribution is 0.0328. The highest BCUT2D eigenvalue weighted by molar-refractivity contribution is 5.75. The Balaban J connectivity index is 2.05. The van der Waals surface area contributed by atoms with Crippen molar-refractivity contribution in [1.82, 2.24) is 4.90 Å². The van der Waals surface area contributed by atoms with Crippen molar-refractivity contribution in [2.24, 2.45) is 0 Å². The molecule has 0 aromatic heterocycles. The molecule has 3 aromatic carbocycles. The maximum Gasteiger partial charge on any atom is 0.150 e. The molecule has 3 aromatic rings. The van der Waals surface area contributed by atoms with Crippen LogP contribution in [0.15, 0.2) is 78.9 Å². The average molecular weight is 402 g/mol. The highest BCUT2D eigenvalue weighted by Gasteiger charge is 2.27. The molecule has 4 nitrogen and oxygen atoms in total. The zero-order valence-electron chi connectivity index (χ0n) is 17.4. The summed E-state index contributed by atoms with van der Waals surface area (Å²) in [6.07, 6.45) is 1.46. The summed E-state index contributed by atoms with van der Waals surface area (Å²) in [7, 11) is 4.04. The smallest absolute Gasteiger partial charge is 0.150 e. The molecule has 0 spiro atoms. The molecule has 3 rings (SSSR count). The summed E-state index contributed by atoms with van der Waals surface area (Å²) >= 11 is 0. The van der Waals surface area contributed by atoms with Crippen molar-refractivity contribution in [2.45, 2.75) is 12.0 Å². The van der Waals surface area contributed by atoms with Crippen LogP contribution in [0, 0.1) is 0 Å². The number of ether oxygens (including phenoxy) is 1. The number of hydrogen-bond donors (Lipinski definition) is 0. The molecular weight excluding hydrogens is 374 g/mol. The highest BCUT2D eigenvalue weighted by atomic mass is 16.5. The molecule has 0 aliphatic carbocycles. The normalized spacial score (nSPS) is 13.0. The fourth-order valence-electron chi connectivity index (χ4n) is 3.50. The van der Waals surface area contributed by atoms with E-state index in [2.05, 4.69) is 17.0 Å². The van der Waals surface area contributed by atoms with Gasteiger partial charge >= 0.3 is 0 Å². The average Bonchev–Trinajstić information content (AvgIpc) is 2.79. The molecule has 0 saturated carbocycles. The van der Waals surface area contributed by atoms with Crippen molar-refractivity contribution in [3.63, 3.8) is 0 Å². The molecule has 0 aliphatic rings. The Hall–Kier alpha value is -3.08. The number of hydrogen-bond acceptors (Lipinski definition) is 4. The molecule has 0 N–H and O–H groups in total. The third-order valence-electron chi connectivity index (χ3n) is 5.13. The zero-order valence-corrected chi connectivity index (χ0v) is 17.4. The Labute approximate surface area is 178 Å². The quantitative estimate of drug-likeness (QED) is 0.460. The van der Waals surface area contributed by atoms with E-state index in [9.17, 15) is 9.59 Å². The predicted octanol–water partition coefficient (Wildman–Crippen LogP) is 4.76. The van der Waals surface area contributed by atoms with Gasteiger partial charge in [0, 0.05) is 23.6 Å². The lowest BCUT2D eigenvalue weighted by Crippen LogP contribution is -2.23. The molecule has 30 heavy (non-hydrogen) atoms. The maximum absolute atomic E-state index is 11.1. The minimum atomic E-state index is -0.241. The molecule has 0 bridgehead atoms. The molecule has 0 aliphatic heterocycles. The summed E-state index contributed by atoms with van der Waals surface area (Å²) in [6, 6.07) is 25.5. The second-order valence-corrected chi connectivity index (χ2v) is 7.55. The van der Waals surface area contributed by atoms with Gasteiger partial charge in [0.1, 0.15) is 12.6 Å². The van der Waals surface area contributed by atoms with E-state index in [4.69, 9.17) is 4.74 Å². The van der Waals surface area contributed by atoms with E-state index in [1.807, 2.05) is 80.8 Å². The van der Waals surface area contributed by atoms with Gasteiger partial charge in [0.25, 0.3) is 0 Å². The SMILES string of the molecule is CN(C)CCOC(c1ccc(C=O)cc1)C(c1ccccc1)c1ccc(C=O)cc1. The monoisotopic (exact) mass is 401 g/mol. The maximum atomic E-state index is 11.1. The van der Waals surface area contributed by atoms with Gasteiger partial charge in [-0.1, -0.05) is 78.9 Å². The van der Waals surface area contributed by atoms with Crippen LogP contribution in [0.25, 0.3) is 0 Å². The fraction of sp³-hybridized carbons (Fsp3) is 0.231. The third kappa shape index (κ3) is 5.50. The largest absolute Gasteiger partial charge is 0.371 e. The molecule has 154 valence electrons. The second-order valence-electron chi connectivity index (χ2n) is 7.55. The summed E-state index contributed by atoms with van der Waals surface area (Å²) < 4.78 is 6.44. The van der Waals surface area contributed by atoms with Crippen LogP contribution in [0.1, 0.15) is 49.4 Å². The molecule has 4 heteroatoms. The van der Waals surface area contributed by atoms with E-state index in [0.29, 0.717) is 17.7 Å². The third-order valence-corrected chi connectivity index (χ3v) is 5.13. The van der Waals surface area contributed by atoms with Gasteiger partial charge in [0.15, 0.2) is 0 Å². The van der Waals surface area contributed by atoms with Crippen molar-refractivity contribution in [3.8, 4) is 0 Å². The minimum absolute atomic E-state index is 0.0591. The van der Waals surface area contributed by atoms with Gasteiger partial charge < -0.3 is 9.64 Å². The Morgan fingerprint density at radius 3 is 1.73 bits per heavy atom. The predicted molar refractivity (Wildman–Crippen MR) is 119 cm³/mol. The molecule has 0 fully saturated rings. The molecular formula is C26H27NO3. The van der Waals surface area contributed by atoms with E-state index in [0.717, 1.165) is 35.8 Å². The molecule has 2 unspecified atom stereocenters. The Kier molecular flexibility index (Phi) is 7.66. The van der Waals surface area contributed by atoms with Crippen LogP contribution < -0.4 is 0 Å². The van der Waals surface area contributed by atoms with Crippen molar-refractivity contribution in [2.75, 3.05) is 27.2 Å². The lowest BCUT2D eigenvalue weighted by Gasteiger charge is -2.29. The van der Waals surface area contributed by atoms with E-state index < -0.39 is 0 Å². The fourth-order valence-corrected chi connectivity index (χ4v) is 3.50. The van der Waals surface area contributed by atoms with Crippen LogP contribution >= 0.6 is 0 Å². The number of rotatable bonds is 10. The van der Waals surface area contributed by atoms with Crippen LogP contribution in [0.3, 0.4) is 0 Å². The molecule has 2 atom stereocenters. The van der Waals surface area contributed by atoms with Crippen LogP contribution in [-0.4, -0.2) is 44.7 Å². The minimum Gasteiger partial charge on any atom is -0.371 e. The first-order valence-corrected chi connectivity index (χ1v) is 10.0. The van der Waals surface area contributed by atoms with Crippen LogP contribution in [0.5, 0.6) is 0 Å². The van der Waals surface area contributed by atoms with Gasteiger partial charge in [-0.15, -0.1) is 0 Å². The van der Waals surface area contributed by atoms with Gasteiger partial charge in [-0.25, -0.2) is 0 Å². The Bertz CT molecular complexity index is 934. The van der Waals surface area contributed by atoms with Gasteiger partial charge in [0.2, 0.25) is 0 Å². The summed E-state index contributed by atoms with van der Waals surface area (Å²) in [4.78, 5) is 24.3. The summed E-state index contributed by atoms with van der Waals surface area (Å²) in [5, 5.41) is 0. The van der Waals surface area contributed by atoms with Gasteiger partial charge in [-0.2, -0.15) is 0 Å². The Morgan fingerprint density at radius 2 is 1.23 bits per heavy atom. The van der Waals surface area contributed by atoms with Crippen LogP contribution in [0.2, 0.25) is 0 Å². The summed E-state index contributed by atoms with van der Waals surface area (Å²) in [6.45, 7) is 1.37. The molecule has 0 heterocycles. The first kappa shape index (κ1) is 21.6. The van der Waals surface area contributed by atoms with Gasteiger partial charge in [-0.3, -0.25) is 9.59 Å². The number of carbonyl (C=O) groups excluding carboxylic acids is 2. The van der Waals surface area contributed by atoms with Crippen LogP contribution in [-0.2, 0) is 4.74 Å². The number of aldehydes is 2. The number of nitrogens with zero attached hydrogens (tertiary/aromatic N) is 1. The molecule has 0 amide bonds.